The molecule has 1 saturated heterocycles. The number of rotatable bonds is 3. The van der Waals surface area contributed by atoms with E-state index in [4.69, 9.17) is 9.47 Å². The van der Waals surface area contributed by atoms with Gasteiger partial charge in [0.15, 0.2) is 5.78 Å². The third kappa shape index (κ3) is 2.34. The molecule has 0 saturated carbocycles. The zero-order chi connectivity index (χ0) is 13.1. The van der Waals surface area contributed by atoms with Crippen molar-refractivity contribution in [3.05, 3.63) is 23.3 Å². The molecule has 0 unspecified atom stereocenters. The third-order valence-corrected chi connectivity index (χ3v) is 3.42. The van der Waals surface area contributed by atoms with E-state index in [1.807, 2.05) is 19.1 Å². The summed E-state index contributed by atoms with van der Waals surface area (Å²) in [5.74, 6) is 1.67. The van der Waals surface area contributed by atoms with Gasteiger partial charge in [-0.05, 0) is 31.5 Å². The first-order chi connectivity index (χ1) is 8.67. The van der Waals surface area contributed by atoms with Gasteiger partial charge in [-0.1, -0.05) is 0 Å². The molecular formula is C14H19NO3. The van der Waals surface area contributed by atoms with Crippen molar-refractivity contribution in [2.24, 2.45) is 0 Å². The van der Waals surface area contributed by atoms with Crippen LogP contribution in [-0.2, 0) is 4.79 Å². The number of hydrogen-bond donors (Lipinski definition) is 1. The van der Waals surface area contributed by atoms with Gasteiger partial charge in [-0.25, -0.2) is 0 Å². The van der Waals surface area contributed by atoms with Gasteiger partial charge in [0.05, 0.1) is 20.8 Å². The zero-order valence-electron chi connectivity index (χ0n) is 11.1. The van der Waals surface area contributed by atoms with Crippen LogP contribution in [0.15, 0.2) is 12.1 Å². The molecule has 0 bridgehead atoms. The summed E-state index contributed by atoms with van der Waals surface area (Å²) in [6.07, 6.45) is 0.822. The van der Waals surface area contributed by atoms with Gasteiger partial charge >= 0.3 is 0 Å². The van der Waals surface area contributed by atoms with Gasteiger partial charge in [0.2, 0.25) is 0 Å². The van der Waals surface area contributed by atoms with Crippen LogP contribution in [0.3, 0.4) is 0 Å². The summed E-state index contributed by atoms with van der Waals surface area (Å²) >= 11 is 0. The highest BCUT2D eigenvalue weighted by Gasteiger charge is 2.28. The van der Waals surface area contributed by atoms with Gasteiger partial charge in [0.25, 0.3) is 0 Å². The minimum absolute atomic E-state index is 0.0629. The molecule has 1 aromatic carbocycles. The molecule has 18 heavy (non-hydrogen) atoms. The summed E-state index contributed by atoms with van der Waals surface area (Å²) in [5, 5.41) is 3.10. The predicted molar refractivity (Wildman–Crippen MR) is 69.5 cm³/mol. The van der Waals surface area contributed by atoms with Crippen molar-refractivity contribution in [3.8, 4) is 11.5 Å². The number of carbonyl (C=O) groups excluding carboxylic acids is 1. The van der Waals surface area contributed by atoms with Crippen molar-refractivity contribution < 1.29 is 14.3 Å². The highest BCUT2D eigenvalue weighted by Crippen LogP contribution is 2.36. The molecular weight excluding hydrogens is 230 g/mol. The molecule has 1 atom stereocenters. The van der Waals surface area contributed by atoms with E-state index in [9.17, 15) is 4.79 Å². The Kier molecular flexibility index (Phi) is 3.87. The van der Waals surface area contributed by atoms with E-state index in [1.165, 1.54) is 0 Å². The first kappa shape index (κ1) is 12.9. The van der Waals surface area contributed by atoms with E-state index in [2.05, 4.69) is 5.32 Å². The standard InChI is InChI=1S/C14H19NO3/c1-9-6-10(17-2)7-13(18-3)14(9)11-4-5-15-8-12(11)16/h6-7,11,15H,4-5,8H2,1-3H3/t11-/m0/s1. The smallest absolute Gasteiger partial charge is 0.154 e. The summed E-state index contributed by atoms with van der Waals surface area (Å²) < 4.78 is 10.6. The Labute approximate surface area is 107 Å². The average molecular weight is 249 g/mol. The molecule has 2 rings (SSSR count). The quantitative estimate of drug-likeness (QED) is 0.885. The SMILES string of the molecule is COc1cc(C)c([C@H]2CCNCC2=O)c(OC)c1. The number of aryl methyl sites for hydroxylation is 1. The second-order valence-electron chi connectivity index (χ2n) is 4.54. The molecule has 1 aromatic rings. The van der Waals surface area contributed by atoms with Gasteiger partial charge in [-0.15, -0.1) is 0 Å². The number of nitrogens with one attached hydrogen (secondary N) is 1. The van der Waals surface area contributed by atoms with Crippen LogP contribution in [0.5, 0.6) is 11.5 Å². The summed E-state index contributed by atoms with van der Waals surface area (Å²) in [5.41, 5.74) is 2.05. The highest BCUT2D eigenvalue weighted by atomic mass is 16.5. The average Bonchev–Trinajstić information content (AvgIpc) is 2.39. The van der Waals surface area contributed by atoms with E-state index in [0.29, 0.717) is 6.54 Å². The van der Waals surface area contributed by atoms with Gasteiger partial charge in [-0.2, -0.15) is 0 Å². The molecule has 0 radical (unpaired) electrons. The van der Waals surface area contributed by atoms with Crippen molar-refractivity contribution in [2.75, 3.05) is 27.3 Å². The summed E-state index contributed by atoms with van der Waals surface area (Å²) in [6.45, 7) is 3.31. The third-order valence-electron chi connectivity index (χ3n) is 3.42. The van der Waals surface area contributed by atoms with Crippen LogP contribution in [0, 0.1) is 6.92 Å². The molecule has 1 fully saturated rings. The molecule has 4 nitrogen and oxygen atoms in total. The monoisotopic (exact) mass is 249 g/mol. The Balaban J connectivity index is 2.45. The minimum atomic E-state index is -0.0629. The molecule has 1 N–H and O–H groups in total. The van der Waals surface area contributed by atoms with Gasteiger partial charge in [-0.3, -0.25) is 4.79 Å². The zero-order valence-corrected chi connectivity index (χ0v) is 11.1. The second-order valence-corrected chi connectivity index (χ2v) is 4.54. The van der Waals surface area contributed by atoms with Gasteiger partial charge in [0, 0.05) is 17.5 Å². The molecule has 0 amide bonds. The number of ketones is 1. The number of benzene rings is 1. The van der Waals surface area contributed by atoms with Crippen LogP contribution in [0.1, 0.15) is 23.5 Å². The fraction of sp³-hybridized carbons (Fsp3) is 0.500. The number of carbonyl (C=O) groups is 1. The number of hydrogen-bond acceptors (Lipinski definition) is 4. The first-order valence-corrected chi connectivity index (χ1v) is 6.13. The molecule has 1 aliphatic rings. The van der Waals surface area contributed by atoms with E-state index >= 15 is 0 Å². The van der Waals surface area contributed by atoms with E-state index in [1.54, 1.807) is 14.2 Å². The van der Waals surface area contributed by atoms with Crippen molar-refractivity contribution in [3.63, 3.8) is 0 Å². The second kappa shape index (κ2) is 5.40. The highest BCUT2D eigenvalue weighted by molar-refractivity contribution is 5.89. The van der Waals surface area contributed by atoms with Crippen LogP contribution in [0.2, 0.25) is 0 Å². The van der Waals surface area contributed by atoms with Crippen LogP contribution in [-0.4, -0.2) is 33.1 Å². The molecule has 98 valence electrons. The fourth-order valence-electron chi connectivity index (χ4n) is 2.51. The Morgan fingerprint density at radius 1 is 1.28 bits per heavy atom. The summed E-state index contributed by atoms with van der Waals surface area (Å²) in [4.78, 5) is 12.0. The maximum absolute atomic E-state index is 12.0. The molecule has 0 aliphatic carbocycles. The maximum atomic E-state index is 12.0. The Hall–Kier alpha value is -1.55. The Bertz CT molecular complexity index is 457. The van der Waals surface area contributed by atoms with Gasteiger partial charge in [0.1, 0.15) is 11.5 Å². The topological polar surface area (TPSA) is 47.6 Å². The number of piperidine rings is 1. The molecule has 1 heterocycles. The predicted octanol–water partition coefficient (Wildman–Crippen LogP) is 1.66. The first-order valence-electron chi connectivity index (χ1n) is 6.13. The van der Waals surface area contributed by atoms with E-state index in [0.717, 1.165) is 35.6 Å². The van der Waals surface area contributed by atoms with Crippen LogP contribution >= 0.6 is 0 Å². The molecule has 0 spiro atoms. The molecule has 1 aliphatic heterocycles. The van der Waals surface area contributed by atoms with Crippen molar-refractivity contribution in [2.45, 2.75) is 19.3 Å². The van der Waals surface area contributed by atoms with Crippen LogP contribution in [0.25, 0.3) is 0 Å². The van der Waals surface area contributed by atoms with Crippen molar-refractivity contribution in [1.29, 1.82) is 0 Å². The Morgan fingerprint density at radius 3 is 2.67 bits per heavy atom. The molecule has 0 aromatic heterocycles. The number of Topliss-reactive ketones (excluding diaryl/α,β-unsaturated/α-hetero) is 1. The minimum Gasteiger partial charge on any atom is -0.497 e. The van der Waals surface area contributed by atoms with E-state index in [-0.39, 0.29) is 11.7 Å². The summed E-state index contributed by atoms with van der Waals surface area (Å²) in [6, 6.07) is 3.80. The van der Waals surface area contributed by atoms with Crippen LogP contribution in [0.4, 0.5) is 0 Å². The van der Waals surface area contributed by atoms with E-state index < -0.39 is 0 Å². The maximum Gasteiger partial charge on any atom is 0.154 e. The fourth-order valence-corrected chi connectivity index (χ4v) is 2.51. The summed E-state index contributed by atoms with van der Waals surface area (Å²) in [7, 11) is 3.26. The normalized spacial score (nSPS) is 19.7. The molecule has 4 heteroatoms. The number of methoxy groups -OCH3 is 2. The van der Waals surface area contributed by atoms with Crippen molar-refractivity contribution >= 4 is 5.78 Å². The van der Waals surface area contributed by atoms with Gasteiger partial charge < -0.3 is 14.8 Å². The number of ether oxygens (including phenoxy) is 2. The van der Waals surface area contributed by atoms with Crippen molar-refractivity contribution in [1.82, 2.24) is 5.32 Å². The lowest BCUT2D eigenvalue weighted by molar-refractivity contribution is -0.120. The van der Waals surface area contributed by atoms with Crippen LogP contribution < -0.4 is 14.8 Å². The Morgan fingerprint density at radius 2 is 2.06 bits per heavy atom. The lowest BCUT2D eigenvalue weighted by atomic mass is 9.85. The largest absolute Gasteiger partial charge is 0.497 e. The lowest BCUT2D eigenvalue weighted by Crippen LogP contribution is -2.36. The lowest BCUT2D eigenvalue weighted by Gasteiger charge is -2.25.